The largest absolute Gasteiger partial charge is 0.298 e. The summed E-state index contributed by atoms with van der Waals surface area (Å²) < 4.78 is 0. The van der Waals surface area contributed by atoms with Crippen LogP contribution in [0, 0.1) is 17.0 Å². The van der Waals surface area contributed by atoms with Crippen LogP contribution in [-0.2, 0) is 0 Å². The average Bonchev–Trinajstić information content (AvgIpc) is 3.00. The van der Waals surface area contributed by atoms with Gasteiger partial charge in [-0.25, -0.2) is 0 Å². The second-order valence-corrected chi connectivity index (χ2v) is 3.88. The highest BCUT2D eigenvalue weighted by Gasteiger charge is 2.32. The van der Waals surface area contributed by atoms with Crippen LogP contribution in [0.15, 0.2) is 12.1 Å². The normalized spacial score (nSPS) is 15.0. The van der Waals surface area contributed by atoms with Crippen molar-refractivity contribution in [1.29, 1.82) is 0 Å². The van der Waals surface area contributed by atoms with Crippen molar-refractivity contribution in [1.82, 2.24) is 0 Å². The van der Waals surface area contributed by atoms with Gasteiger partial charge in [0.15, 0.2) is 6.29 Å². The molecule has 0 saturated heterocycles. The maximum atomic E-state index is 10.9. The van der Waals surface area contributed by atoms with Crippen molar-refractivity contribution in [3.8, 4) is 0 Å². The topological polar surface area (TPSA) is 60.2 Å². The van der Waals surface area contributed by atoms with Gasteiger partial charge in [0.2, 0.25) is 0 Å². The summed E-state index contributed by atoms with van der Waals surface area (Å²) in [6, 6.07) is 3.56. The van der Waals surface area contributed by atoms with Crippen LogP contribution in [0.4, 0.5) is 5.69 Å². The van der Waals surface area contributed by atoms with Gasteiger partial charge in [0.05, 0.1) is 10.5 Å². The van der Waals surface area contributed by atoms with Crippen molar-refractivity contribution >= 4 is 12.0 Å². The van der Waals surface area contributed by atoms with Crippen LogP contribution in [-0.4, -0.2) is 11.2 Å². The standard InChI is InChI=1S/C11H11NO3/c1-7-2-5-9(8-3-4-8)11(12(14)15)10(7)6-13/h2,5-6,8H,3-4H2,1H3. The summed E-state index contributed by atoms with van der Waals surface area (Å²) in [5.74, 6) is 0.282. The van der Waals surface area contributed by atoms with E-state index in [1.54, 1.807) is 19.1 Å². The molecule has 0 spiro atoms. The highest BCUT2D eigenvalue weighted by molar-refractivity contribution is 5.85. The second kappa shape index (κ2) is 3.46. The van der Waals surface area contributed by atoms with Crippen molar-refractivity contribution < 1.29 is 9.72 Å². The molecule has 1 aliphatic rings. The molecule has 1 saturated carbocycles. The Balaban J connectivity index is 2.65. The van der Waals surface area contributed by atoms with Crippen LogP contribution in [0.2, 0.25) is 0 Å². The smallest absolute Gasteiger partial charge is 0.283 e. The molecule has 4 heteroatoms. The Labute approximate surface area is 87.1 Å². The first kappa shape index (κ1) is 9.83. The maximum absolute atomic E-state index is 10.9. The van der Waals surface area contributed by atoms with Gasteiger partial charge in [0.25, 0.3) is 5.69 Å². The van der Waals surface area contributed by atoms with Crippen LogP contribution in [0.25, 0.3) is 0 Å². The molecule has 0 radical (unpaired) electrons. The predicted molar refractivity (Wildman–Crippen MR) is 55.2 cm³/mol. The molecule has 1 fully saturated rings. The van der Waals surface area contributed by atoms with Crippen molar-refractivity contribution in [2.24, 2.45) is 0 Å². The van der Waals surface area contributed by atoms with Crippen LogP contribution >= 0.6 is 0 Å². The molecule has 0 N–H and O–H groups in total. The molecule has 0 unspecified atom stereocenters. The number of nitro groups is 1. The number of carbonyl (C=O) groups is 1. The molecule has 0 aliphatic heterocycles. The van der Waals surface area contributed by atoms with Gasteiger partial charge in [-0.05, 0) is 31.2 Å². The van der Waals surface area contributed by atoms with Gasteiger partial charge in [0, 0.05) is 5.56 Å². The number of hydrogen-bond donors (Lipinski definition) is 0. The molecule has 1 aromatic rings. The highest BCUT2D eigenvalue weighted by atomic mass is 16.6. The molecule has 4 nitrogen and oxygen atoms in total. The lowest BCUT2D eigenvalue weighted by Gasteiger charge is -2.05. The van der Waals surface area contributed by atoms with Gasteiger partial charge < -0.3 is 0 Å². The summed E-state index contributed by atoms with van der Waals surface area (Å²) in [6.45, 7) is 1.72. The van der Waals surface area contributed by atoms with E-state index >= 15 is 0 Å². The van der Waals surface area contributed by atoms with Crippen LogP contribution in [0.5, 0.6) is 0 Å². The molecule has 0 atom stereocenters. The molecule has 2 rings (SSSR count). The molecule has 1 aromatic carbocycles. The Morgan fingerprint density at radius 3 is 2.60 bits per heavy atom. The van der Waals surface area contributed by atoms with Gasteiger partial charge in [0.1, 0.15) is 0 Å². The van der Waals surface area contributed by atoms with E-state index in [1.807, 2.05) is 0 Å². The maximum Gasteiger partial charge on any atom is 0.283 e. The fraction of sp³-hybridized carbons (Fsp3) is 0.364. The fourth-order valence-corrected chi connectivity index (χ4v) is 1.80. The van der Waals surface area contributed by atoms with E-state index < -0.39 is 4.92 Å². The number of rotatable bonds is 3. The summed E-state index contributed by atoms with van der Waals surface area (Å²) in [6.07, 6.45) is 2.56. The zero-order valence-electron chi connectivity index (χ0n) is 8.40. The number of benzene rings is 1. The third kappa shape index (κ3) is 1.63. The minimum atomic E-state index is -0.440. The van der Waals surface area contributed by atoms with Crippen molar-refractivity contribution in [3.05, 3.63) is 38.9 Å². The van der Waals surface area contributed by atoms with E-state index in [1.165, 1.54) is 0 Å². The Morgan fingerprint density at radius 1 is 1.47 bits per heavy atom. The predicted octanol–water partition coefficient (Wildman–Crippen LogP) is 2.59. The molecule has 78 valence electrons. The van der Waals surface area contributed by atoms with E-state index in [4.69, 9.17) is 0 Å². The summed E-state index contributed by atoms with van der Waals surface area (Å²) in [5.41, 5.74) is 1.62. The van der Waals surface area contributed by atoms with E-state index in [0.29, 0.717) is 17.4 Å². The lowest BCUT2D eigenvalue weighted by Crippen LogP contribution is -2.01. The number of hydrogen-bond acceptors (Lipinski definition) is 3. The average molecular weight is 205 g/mol. The first-order chi connectivity index (χ1) is 7.15. The minimum Gasteiger partial charge on any atom is -0.298 e. The second-order valence-electron chi connectivity index (χ2n) is 3.88. The molecular formula is C11H11NO3. The van der Waals surface area contributed by atoms with Crippen LogP contribution in [0.3, 0.4) is 0 Å². The number of nitrogens with zero attached hydrogens (tertiary/aromatic N) is 1. The number of aryl methyl sites for hydroxylation is 1. The monoisotopic (exact) mass is 205 g/mol. The third-order valence-electron chi connectivity index (χ3n) is 2.78. The Hall–Kier alpha value is -1.71. The SMILES string of the molecule is Cc1ccc(C2CC2)c([N+](=O)[O-])c1C=O. The van der Waals surface area contributed by atoms with E-state index in [9.17, 15) is 14.9 Å². The summed E-state index contributed by atoms with van der Waals surface area (Å²) >= 11 is 0. The van der Waals surface area contributed by atoms with Crippen molar-refractivity contribution in [2.45, 2.75) is 25.7 Å². The van der Waals surface area contributed by atoms with Crippen molar-refractivity contribution in [3.63, 3.8) is 0 Å². The van der Waals surface area contributed by atoms with Gasteiger partial charge in [-0.2, -0.15) is 0 Å². The highest BCUT2D eigenvalue weighted by Crippen LogP contribution is 2.45. The van der Waals surface area contributed by atoms with Gasteiger partial charge >= 0.3 is 0 Å². The van der Waals surface area contributed by atoms with Gasteiger partial charge in [-0.15, -0.1) is 0 Å². The number of carbonyl (C=O) groups excluding carboxylic acids is 1. The Bertz CT molecular complexity index is 436. The minimum absolute atomic E-state index is 0.00694. The lowest BCUT2D eigenvalue weighted by molar-refractivity contribution is -0.385. The zero-order valence-corrected chi connectivity index (χ0v) is 8.40. The van der Waals surface area contributed by atoms with Crippen LogP contribution in [0.1, 0.15) is 40.2 Å². The summed E-state index contributed by atoms with van der Waals surface area (Å²) in [7, 11) is 0. The first-order valence-electron chi connectivity index (χ1n) is 4.88. The number of aldehydes is 1. The summed E-state index contributed by atoms with van der Waals surface area (Å²) in [5, 5.41) is 10.9. The lowest BCUT2D eigenvalue weighted by atomic mass is 10.00. The van der Waals surface area contributed by atoms with Crippen molar-refractivity contribution in [2.75, 3.05) is 0 Å². The summed E-state index contributed by atoms with van der Waals surface area (Å²) in [4.78, 5) is 21.3. The molecular weight excluding hydrogens is 194 g/mol. The van der Waals surface area contributed by atoms with Gasteiger partial charge in [-0.1, -0.05) is 12.1 Å². The first-order valence-corrected chi connectivity index (χ1v) is 4.88. The number of nitro benzene ring substituents is 1. The Kier molecular flexibility index (Phi) is 2.26. The molecule has 0 bridgehead atoms. The van der Waals surface area contributed by atoms with E-state index in [-0.39, 0.29) is 17.2 Å². The fourth-order valence-electron chi connectivity index (χ4n) is 1.80. The molecule has 1 aliphatic carbocycles. The molecule has 0 heterocycles. The molecule has 0 aromatic heterocycles. The van der Waals surface area contributed by atoms with Gasteiger partial charge in [-0.3, -0.25) is 14.9 Å². The molecule has 0 amide bonds. The zero-order chi connectivity index (χ0) is 11.0. The van der Waals surface area contributed by atoms with E-state index in [2.05, 4.69) is 0 Å². The third-order valence-corrected chi connectivity index (χ3v) is 2.78. The van der Waals surface area contributed by atoms with E-state index in [0.717, 1.165) is 12.8 Å². The molecule has 15 heavy (non-hydrogen) atoms. The Morgan fingerprint density at radius 2 is 2.13 bits per heavy atom. The quantitative estimate of drug-likeness (QED) is 0.433. The van der Waals surface area contributed by atoms with Crippen LogP contribution < -0.4 is 0 Å².